The van der Waals surface area contributed by atoms with Crippen molar-refractivity contribution < 1.29 is 28.9 Å². The van der Waals surface area contributed by atoms with Gasteiger partial charge < -0.3 is 29.1 Å². The summed E-state index contributed by atoms with van der Waals surface area (Å²) in [5.41, 5.74) is 0.478. The van der Waals surface area contributed by atoms with Crippen molar-refractivity contribution in [2.45, 2.75) is 13.0 Å². The predicted octanol–water partition coefficient (Wildman–Crippen LogP) is 1.81. The fourth-order valence-corrected chi connectivity index (χ4v) is 2.53. The molecule has 24 heavy (non-hydrogen) atoms. The highest BCUT2D eigenvalue weighted by molar-refractivity contribution is 6.13. The summed E-state index contributed by atoms with van der Waals surface area (Å²) in [6.45, 7) is 1.96. The van der Waals surface area contributed by atoms with Crippen LogP contribution in [0.2, 0.25) is 0 Å². The highest BCUT2D eigenvalue weighted by atomic mass is 16.5. The molecule has 0 bridgehead atoms. The average molecular weight is 336 g/mol. The Balaban J connectivity index is 2.56. The average Bonchev–Trinajstić information content (AvgIpc) is 3.04. The fourth-order valence-electron chi connectivity index (χ4n) is 2.53. The molecule has 0 radical (unpaired) electrons. The van der Waals surface area contributed by atoms with E-state index in [4.69, 9.17) is 18.9 Å². The van der Waals surface area contributed by atoms with E-state index in [-0.39, 0.29) is 12.4 Å². The SMILES string of the molecule is CCOC(=O)C1C=CC(=NO)N1c1ccc(OC)c(OC)c1OC. The molecule has 0 fully saturated rings. The highest BCUT2D eigenvalue weighted by Gasteiger charge is 2.36. The molecule has 0 saturated carbocycles. The van der Waals surface area contributed by atoms with Gasteiger partial charge in [0.1, 0.15) is 0 Å². The van der Waals surface area contributed by atoms with Crippen LogP contribution in [0.3, 0.4) is 0 Å². The molecular formula is C16H20N2O6. The Bertz CT molecular complexity index is 671. The first-order valence-corrected chi connectivity index (χ1v) is 7.27. The minimum absolute atomic E-state index is 0.179. The Labute approximate surface area is 139 Å². The number of rotatable bonds is 6. The quantitative estimate of drug-likeness (QED) is 0.481. The van der Waals surface area contributed by atoms with Crippen LogP contribution in [0.25, 0.3) is 0 Å². The molecule has 0 aliphatic carbocycles. The van der Waals surface area contributed by atoms with Gasteiger partial charge in [0.2, 0.25) is 5.75 Å². The number of oxime groups is 1. The summed E-state index contributed by atoms with van der Waals surface area (Å²) >= 11 is 0. The molecule has 1 aliphatic heterocycles. The number of amidine groups is 1. The van der Waals surface area contributed by atoms with E-state index in [0.717, 1.165) is 0 Å². The summed E-state index contributed by atoms with van der Waals surface area (Å²) in [6, 6.07) is 2.58. The van der Waals surface area contributed by atoms with Gasteiger partial charge in [0, 0.05) is 0 Å². The van der Waals surface area contributed by atoms with E-state index in [1.165, 1.54) is 32.3 Å². The molecule has 1 aromatic rings. The van der Waals surface area contributed by atoms with Crippen LogP contribution in [0.4, 0.5) is 5.69 Å². The molecule has 8 heteroatoms. The van der Waals surface area contributed by atoms with Crippen molar-refractivity contribution >= 4 is 17.5 Å². The van der Waals surface area contributed by atoms with Crippen LogP contribution in [0, 0.1) is 0 Å². The van der Waals surface area contributed by atoms with Crippen LogP contribution in [0.1, 0.15) is 6.92 Å². The summed E-state index contributed by atoms with van der Waals surface area (Å²) in [7, 11) is 4.46. The molecular weight excluding hydrogens is 316 g/mol. The van der Waals surface area contributed by atoms with Crippen LogP contribution in [-0.4, -0.2) is 51.0 Å². The van der Waals surface area contributed by atoms with Crippen LogP contribution < -0.4 is 19.1 Å². The highest BCUT2D eigenvalue weighted by Crippen LogP contribution is 2.45. The van der Waals surface area contributed by atoms with Crippen LogP contribution in [0.15, 0.2) is 29.4 Å². The van der Waals surface area contributed by atoms with Gasteiger partial charge in [-0.2, -0.15) is 0 Å². The van der Waals surface area contributed by atoms with E-state index in [9.17, 15) is 10.0 Å². The van der Waals surface area contributed by atoms with Crippen molar-refractivity contribution in [3.8, 4) is 17.2 Å². The van der Waals surface area contributed by atoms with E-state index in [1.54, 1.807) is 25.1 Å². The molecule has 1 N–H and O–H groups in total. The van der Waals surface area contributed by atoms with Crippen molar-refractivity contribution in [2.24, 2.45) is 5.16 Å². The van der Waals surface area contributed by atoms with Crippen molar-refractivity contribution in [1.82, 2.24) is 0 Å². The second kappa shape index (κ2) is 7.58. The van der Waals surface area contributed by atoms with Gasteiger partial charge in [-0.25, -0.2) is 4.79 Å². The molecule has 0 saturated heterocycles. The number of nitrogens with zero attached hydrogens (tertiary/aromatic N) is 2. The molecule has 1 aromatic carbocycles. The molecule has 0 amide bonds. The van der Waals surface area contributed by atoms with E-state index >= 15 is 0 Å². The Morgan fingerprint density at radius 3 is 2.46 bits per heavy atom. The Kier molecular flexibility index (Phi) is 5.51. The largest absolute Gasteiger partial charge is 0.493 e. The number of esters is 1. The van der Waals surface area contributed by atoms with Crippen LogP contribution >= 0.6 is 0 Å². The molecule has 8 nitrogen and oxygen atoms in total. The number of hydrogen-bond donors (Lipinski definition) is 1. The van der Waals surface area contributed by atoms with E-state index in [1.807, 2.05) is 0 Å². The summed E-state index contributed by atoms with van der Waals surface area (Å²) in [4.78, 5) is 13.7. The first-order valence-electron chi connectivity index (χ1n) is 7.27. The number of benzene rings is 1. The molecule has 0 aromatic heterocycles. The van der Waals surface area contributed by atoms with Gasteiger partial charge in [-0.1, -0.05) is 5.16 Å². The zero-order chi connectivity index (χ0) is 17.7. The maximum atomic E-state index is 12.2. The van der Waals surface area contributed by atoms with Gasteiger partial charge in [-0.15, -0.1) is 0 Å². The second-order valence-electron chi connectivity index (χ2n) is 4.74. The fraction of sp³-hybridized carbons (Fsp3) is 0.375. The Hall–Kier alpha value is -2.90. The molecule has 0 spiro atoms. The second-order valence-corrected chi connectivity index (χ2v) is 4.74. The number of anilines is 1. The van der Waals surface area contributed by atoms with Gasteiger partial charge in [-0.05, 0) is 31.2 Å². The predicted molar refractivity (Wildman–Crippen MR) is 87.4 cm³/mol. The summed E-state index contributed by atoms with van der Waals surface area (Å²) in [6.07, 6.45) is 3.11. The minimum Gasteiger partial charge on any atom is -0.493 e. The van der Waals surface area contributed by atoms with Gasteiger partial charge >= 0.3 is 5.97 Å². The zero-order valence-electron chi connectivity index (χ0n) is 14.0. The smallest absolute Gasteiger partial charge is 0.333 e. The third kappa shape index (κ3) is 2.94. The lowest BCUT2D eigenvalue weighted by atomic mass is 10.2. The lowest BCUT2D eigenvalue weighted by molar-refractivity contribution is -0.143. The van der Waals surface area contributed by atoms with Crippen molar-refractivity contribution in [2.75, 3.05) is 32.8 Å². The monoisotopic (exact) mass is 336 g/mol. The Morgan fingerprint density at radius 1 is 1.21 bits per heavy atom. The lowest BCUT2D eigenvalue weighted by Gasteiger charge is -2.27. The normalized spacial score (nSPS) is 17.9. The maximum Gasteiger partial charge on any atom is 0.333 e. The molecule has 130 valence electrons. The van der Waals surface area contributed by atoms with Crippen molar-refractivity contribution in [3.05, 3.63) is 24.3 Å². The zero-order valence-corrected chi connectivity index (χ0v) is 14.0. The van der Waals surface area contributed by atoms with E-state index in [0.29, 0.717) is 22.9 Å². The van der Waals surface area contributed by atoms with E-state index < -0.39 is 12.0 Å². The number of hydrogen-bond acceptors (Lipinski definition) is 7. The van der Waals surface area contributed by atoms with Crippen molar-refractivity contribution in [3.63, 3.8) is 0 Å². The van der Waals surface area contributed by atoms with Crippen molar-refractivity contribution in [1.29, 1.82) is 0 Å². The van der Waals surface area contributed by atoms with Gasteiger partial charge in [0.15, 0.2) is 23.4 Å². The topological polar surface area (TPSA) is 89.8 Å². The van der Waals surface area contributed by atoms with Gasteiger partial charge in [0.25, 0.3) is 0 Å². The lowest BCUT2D eigenvalue weighted by Crippen LogP contribution is -2.40. The standard InChI is InChI=1S/C16H20N2O6/c1-5-24-16(19)11-7-9-13(17-20)18(11)10-6-8-12(21-2)15(23-4)14(10)22-3/h6-9,11,20H,5H2,1-4H3. The van der Waals surface area contributed by atoms with E-state index in [2.05, 4.69) is 5.16 Å². The first kappa shape index (κ1) is 17.5. The van der Waals surface area contributed by atoms with Gasteiger partial charge in [-0.3, -0.25) is 0 Å². The summed E-state index contributed by atoms with van der Waals surface area (Å²) in [5.74, 6) is 0.892. The van der Waals surface area contributed by atoms with Crippen LogP contribution in [0.5, 0.6) is 17.2 Å². The number of methoxy groups -OCH3 is 3. The molecule has 1 atom stereocenters. The summed E-state index contributed by atoms with van der Waals surface area (Å²) in [5, 5.41) is 12.5. The third-order valence-electron chi connectivity index (χ3n) is 3.53. The first-order chi connectivity index (χ1) is 11.6. The minimum atomic E-state index is -0.775. The maximum absolute atomic E-state index is 12.2. The Morgan fingerprint density at radius 2 is 1.92 bits per heavy atom. The number of carbonyl (C=O) groups excluding carboxylic acids is 1. The number of ether oxygens (including phenoxy) is 4. The molecule has 1 heterocycles. The number of carbonyl (C=O) groups is 1. The molecule has 1 aliphatic rings. The van der Waals surface area contributed by atoms with Crippen LogP contribution in [-0.2, 0) is 9.53 Å². The van der Waals surface area contributed by atoms with Gasteiger partial charge in [0.05, 0.1) is 33.6 Å². The molecule has 1 unspecified atom stereocenters. The third-order valence-corrected chi connectivity index (χ3v) is 3.53. The molecule has 2 rings (SSSR count). The summed E-state index contributed by atoms with van der Waals surface area (Å²) < 4.78 is 21.1.